The van der Waals surface area contributed by atoms with Crippen molar-refractivity contribution < 1.29 is 12.9 Å². The fourth-order valence-electron chi connectivity index (χ4n) is 2.96. The quantitative estimate of drug-likeness (QED) is 0.279. The molecular formula is C17H32IN5O3S2. The first-order valence-corrected chi connectivity index (χ1v) is 12.2. The van der Waals surface area contributed by atoms with Crippen LogP contribution in [-0.4, -0.2) is 67.8 Å². The van der Waals surface area contributed by atoms with Crippen LogP contribution in [0.3, 0.4) is 0 Å². The zero-order chi connectivity index (χ0) is 19.7. The van der Waals surface area contributed by atoms with E-state index < -0.39 is 10.0 Å². The third-order valence-electron chi connectivity index (χ3n) is 4.65. The van der Waals surface area contributed by atoms with Crippen LogP contribution in [-0.2, 0) is 16.6 Å². The van der Waals surface area contributed by atoms with E-state index in [1.807, 2.05) is 6.07 Å². The van der Waals surface area contributed by atoms with Gasteiger partial charge in [0.2, 0.25) is 10.0 Å². The Balaban J connectivity index is 0.00000392. The second-order valence-corrected chi connectivity index (χ2v) is 9.72. The van der Waals surface area contributed by atoms with Crippen LogP contribution in [0.5, 0.6) is 0 Å². The molecule has 0 saturated carbocycles. The first-order chi connectivity index (χ1) is 13.0. The minimum absolute atomic E-state index is 0. The molecular weight excluding hydrogens is 513 g/mol. The van der Waals surface area contributed by atoms with Crippen molar-refractivity contribution in [2.45, 2.75) is 39.2 Å². The highest BCUT2D eigenvalue weighted by Gasteiger charge is 2.23. The van der Waals surface area contributed by atoms with Crippen molar-refractivity contribution in [1.82, 2.24) is 20.1 Å². The van der Waals surface area contributed by atoms with Gasteiger partial charge in [0.1, 0.15) is 0 Å². The van der Waals surface area contributed by atoms with E-state index in [2.05, 4.69) is 34.6 Å². The zero-order valence-electron chi connectivity index (χ0n) is 16.8. The molecule has 11 heteroatoms. The van der Waals surface area contributed by atoms with Crippen LogP contribution in [0, 0.1) is 0 Å². The Morgan fingerprint density at radius 2 is 2.00 bits per heavy atom. The lowest BCUT2D eigenvalue weighted by molar-refractivity contribution is 0.368. The molecule has 1 aromatic heterocycles. The minimum atomic E-state index is -3.22. The largest absolute Gasteiger partial charge is 0.359 e. The van der Waals surface area contributed by atoms with Crippen LogP contribution in [0.2, 0.25) is 0 Å². The average Bonchev–Trinajstić information content (AvgIpc) is 3.15. The predicted molar refractivity (Wildman–Crippen MR) is 126 cm³/mol. The molecule has 162 valence electrons. The number of halogens is 1. The highest BCUT2D eigenvalue weighted by atomic mass is 127. The van der Waals surface area contributed by atoms with Gasteiger partial charge >= 0.3 is 0 Å². The Morgan fingerprint density at radius 1 is 1.32 bits per heavy atom. The number of aliphatic imine (C=N–C) groups is 1. The summed E-state index contributed by atoms with van der Waals surface area (Å²) < 4.78 is 31.7. The lowest BCUT2D eigenvalue weighted by Gasteiger charge is -2.25. The van der Waals surface area contributed by atoms with E-state index in [1.54, 1.807) is 23.1 Å². The average molecular weight is 546 g/mol. The molecule has 8 nitrogen and oxygen atoms in total. The van der Waals surface area contributed by atoms with Gasteiger partial charge in [0.25, 0.3) is 0 Å². The van der Waals surface area contributed by atoms with Gasteiger partial charge in [-0.1, -0.05) is 19.0 Å². The summed E-state index contributed by atoms with van der Waals surface area (Å²) in [5.41, 5.74) is 0.977. The molecule has 28 heavy (non-hydrogen) atoms. The highest BCUT2D eigenvalue weighted by molar-refractivity contribution is 14.0. The van der Waals surface area contributed by atoms with E-state index in [0.29, 0.717) is 38.1 Å². The normalized spacial score (nSPS) is 16.1. The molecule has 1 fully saturated rings. The van der Waals surface area contributed by atoms with Crippen molar-refractivity contribution in [2.24, 2.45) is 4.99 Å². The summed E-state index contributed by atoms with van der Waals surface area (Å²) in [6.07, 6.45) is 2.06. The van der Waals surface area contributed by atoms with Gasteiger partial charge in [0, 0.05) is 50.2 Å². The Morgan fingerprint density at radius 3 is 2.61 bits per heavy atom. The maximum atomic E-state index is 12.4. The van der Waals surface area contributed by atoms with Gasteiger partial charge in [0.05, 0.1) is 18.0 Å². The molecule has 0 aliphatic carbocycles. The molecule has 2 heterocycles. The van der Waals surface area contributed by atoms with Crippen LogP contribution in [0.4, 0.5) is 0 Å². The van der Waals surface area contributed by atoms with Crippen molar-refractivity contribution in [3.05, 3.63) is 17.5 Å². The molecule has 1 aliphatic rings. The van der Waals surface area contributed by atoms with Crippen molar-refractivity contribution in [2.75, 3.05) is 43.9 Å². The van der Waals surface area contributed by atoms with Crippen LogP contribution in [0.25, 0.3) is 0 Å². The lowest BCUT2D eigenvalue weighted by Crippen LogP contribution is -2.44. The van der Waals surface area contributed by atoms with Crippen LogP contribution >= 0.6 is 35.7 Å². The summed E-state index contributed by atoms with van der Waals surface area (Å²) in [4.78, 5) is 4.13. The molecule has 2 N–H and O–H groups in total. The second-order valence-electron chi connectivity index (χ2n) is 6.41. The molecule has 0 aromatic carbocycles. The molecule has 0 amide bonds. The zero-order valence-corrected chi connectivity index (χ0v) is 20.8. The van der Waals surface area contributed by atoms with Gasteiger partial charge < -0.3 is 15.2 Å². The molecule has 0 spiro atoms. The van der Waals surface area contributed by atoms with Crippen molar-refractivity contribution in [1.29, 1.82) is 0 Å². The van der Waals surface area contributed by atoms with E-state index in [-0.39, 0.29) is 29.7 Å². The second kappa shape index (κ2) is 12.9. The fraction of sp³-hybridized carbons (Fsp3) is 0.765. The van der Waals surface area contributed by atoms with Gasteiger partial charge in [-0.25, -0.2) is 12.7 Å². The van der Waals surface area contributed by atoms with E-state index in [9.17, 15) is 8.42 Å². The molecule has 1 aliphatic heterocycles. The summed E-state index contributed by atoms with van der Waals surface area (Å²) in [7, 11) is -1.57. The maximum absolute atomic E-state index is 12.4. The summed E-state index contributed by atoms with van der Waals surface area (Å²) in [5, 5.41) is 10.3. The topological polar surface area (TPSA) is 99.8 Å². The third kappa shape index (κ3) is 7.71. The summed E-state index contributed by atoms with van der Waals surface area (Å²) in [5.74, 6) is 3.48. The standard InChI is InChI=1S/C17H31N5O3S2.HI/c1-4-14(5-2)16-12-15(25-21-16)13-20-17(18-3)19-6-11-27(23,24)22-7-9-26-10-8-22;/h12,14H,4-11,13H2,1-3H3,(H2,18,19,20);1H. The Labute approximate surface area is 189 Å². The molecule has 0 unspecified atom stereocenters. The first kappa shape index (κ1) is 25.5. The number of thioether (sulfide) groups is 1. The molecule has 0 radical (unpaired) electrons. The summed E-state index contributed by atoms with van der Waals surface area (Å²) in [6.45, 7) is 6.24. The Kier molecular flexibility index (Phi) is 11.8. The number of hydrogen-bond donors (Lipinski definition) is 2. The van der Waals surface area contributed by atoms with Crippen LogP contribution in [0.15, 0.2) is 15.6 Å². The van der Waals surface area contributed by atoms with Crippen molar-refractivity contribution in [3.63, 3.8) is 0 Å². The minimum Gasteiger partial charge on any atom is -0.359 e. The molecule has 2 rings (SSSR count). The number of nitrogens with one attached hydrogen (secondary N) is 2. The number of rotatable bonds is 9. The van der Waals surface area contributed by atoms with E-state index >= 15 is 0 Å². The SMILES string of the molecule is CCC(CC)c1cc(CNC(=NC)NCCS(=O)(=O)N2CCSCC2)on1.I. The summed E-state index contributed by atoms with van der Waals surface area (Å²) in [6, 6.07) is 1.97. The third-order valence-corrected chi connectivity index (χ3v) is 7.47. The molecule has 1 saturated heterocycles. The van der Waals surface area contributed by atoms with Crippen LogP contribution < -0.4 is 10.6 Å². The first-order valence-electron chi connectivity index (χ1n) is 9.45. The smallest absolute Gasteiger partial charge is 0.215 e. The van der Waals surface area contributed by atoms with Gasteiger partial charge in [-0.2, -0.15) is 11.8 Å². The van der Waals surface area contributed by atoms with Gasteiger partial charge in [-0.3, -0.25) is 4.99 Å². The van der Waals surface area contributed by atoms with E-state index in [0.717, 1.165) is 35.8 Å². The fourth-order valence-corrected chi connectivity index (χ4v) is 5.45. The Hall–Kier alpha value is -0.530. The van der Waals surface area contributed by atoms with E-state index in [4.69, 9.17) is 4.52 Å². The Bertz CT molecular complexity index is 701. The van der Waals surface area contributed by atoms with Crippen molar-refractivity contribution in [3.8, 4) is 0 Å². The van der Waals surface area contributed by atoms with Gasteiger partial charge in [-0.15, -0.1) is 24.0 Å². The number of guanidine groups is 1. The molecule has 1 aromatic rings. The van der Waals surface area contributed by atoms with Crippen LogP contribution in [0.1, 0.15) is 44.1 Å². The van der Waals surface area contributed by atoms with Crippen molar-refractivity contribution >= 4 is 51.7 Å². The number of hydrogen-bond acceptors (Lipinski definition) is 6. The predicted octanol–water partition coefficient (Wildman–Crippen LogP) is 2.24. The lowest BCUT2D eigenvalue weighted by atomic mass is 9.99. The van der Waals surface area contributed by atoms with E-state index in [1.165, 1.54) is 0 Å². The maximum Gasteiger partial charge on any atom is 0.215 e. The molecule has 0 atom stereocenters. The summed E-state index contributed by atoms with van der Waals surface area (Å²) >= 11 is 1.79. The number of nitrogens with zero attached hydrogens (tertiary/aromatic N) is 3. The molecule has 0 bridgehead atoms. The number of aromatic nitrogens is 1. The monoisotopic (exact) mass is 545 g/mol. The number of sulfonamides is 1. The highest BCUT2D eigenvalue weighted by Crippen LogP contribution is 2.22. The van der Waals surface area contributed by atoms with Gasteiger partial charge in [-0.05, 0) is 12.8 Å². The van der Waals surface area contributed by atoms with Gasteiger partial charge in [0.15, 0.2) is 11.7 Å².